The number of unbranched alkanes of at least 4 members (excludes halogenated alkanes) is 3. The molecule has 0 saturated heterocycles. The fourth-order valence-electron chi connectivity index (χ4n) is 2.32. The first-order chi connectivity index (χ1) is 12.4. The standard InChI is InChI=1S/C18H26F3N3O2/c1-22-17(23-11-6-4-3-5-10-16(25)26-2)24-13-14-8-7-9-15(12-14)18(19,20)21/h7-9,12H,3-6,10-11,13H2,1-2H3,(H2,22,23,24). The Balaban J connectivity index is 2.26. The molecule has 2 N–H and O–H groups in total. The third kappa shape index (κ3) is 8.73. The zero-order valence-electron chi connectivity index (χ0n) is 15.2. The Hall–Kier alpha value is -2.25. The summed E-state index contributed by atoms with van der Waals surface area (Å²) in [6.45, 7) is 0.948. The van der Waals surface area contributed by atoms with Gasteiger partial charge in [-0.1, -0.05) is 25.0 Å². The molecule has 0 unspecified atom stereocenters. The van der Waals surface area contributed by atoms with Crippen LogP contribution in [0.15, 0.2) is 29.3 Å². The van der Waals surface area contributed by atoms with Crippen LogP contribution >= 0.6 is 0 Å². The Bertz CT molecular complexity index is 589. The lowest BCUT2D eigenvalue weighted by Crippen LogP contribution is -2.37. The molecule has 8 heteroatoms. The fourth-order valence-corrected chi connectivity index (χ4v) is 2.32. The van der Waals surface area contributed by atoms with E-state index in [4.69, 9.17) is 0 Å². The van der Waals surface area contributed by atoms with Crippen molar-refractivity contribution in [2.75, 3.05) is 20.7 Å². The van der Waals surface area contributed by atoms with E-state index < -0.39 is 11.7 Å². The number of nitrogens with zero attached hydrogens (tertiary/aromatic N) is 1. The van der Waals surface area contributed by atoms with Gasteiger partial charge in [-0.15, -0.1) is 0 Å². The fraction of sp³-hybridized carbons (Fsp3) is 0.556. The van der Waals surface area contributed by atoms with Crippen LogP contribution in [0.5, 0.6) is 0 Å². The molecule has 146 valence electrons. The number of carbonyl (C=O) groups excluding carboxylic acids is 1. The zero-order chi connectivity index (χ0) is 19.4. The number of hydrogen-bond donors (Lipinski definition) is 2. The van der Waals surface area contributed by atoms with Crippen LogP contribution in [0.2, 0.25) is 0 Å². The highest BCUT2D eigenvalue weighted by atomic mass is 19.4. The van der Waals surface area contributed by atoms with Crippen molar-refractivity contribution in [2.24, 2.45) is 4.99 Å². The first kappa shape index (κ1) is 21.8. The van der Waals surface area contributed by atoms with E-state index in [0.29, 0.717) is 24.5 Å². The molecular weight excluding hydrogens is 347 g/mol. The molecule has 0 aliphatic heterocycles. The summed E-state index contributed by atoms with van der Waals surface area (Å²) in [6, 6.07) is 5.21. The third-order valence-corrected chi connectivity index (χ3v) is 3.77. The first-order valence-corrected chi connectivity index (χ1v) is 8.54. The van der Waals surface area contributed by atoms with Gasteiger partial charge in [0.05, 0.1) is 12.7 Å². The topological polar surface area (TPSA) is 62.7 Å². The van der Waals surface area contributed by atoms with Gasteiger partial charge in [0, 0.05) is 26.6 Å². The van der Waals surface area contributed by atoms with E-state index in [-0.39, 0.29) is 12.5 Å². The highest BCUT2D eigenvalue weighted by Crippen LogP contribution is 2.29. The SMILES string of the molecule is CN=C(NCCCCCCC(=O)OC)NCc1cccc(C(F)(F)F)c1. The summed E-state index contributed by atoms with van der Waals surface area (Å²) in [4.78, 5) is 15.0. The monoisotopic (exact) mass is 373 g/mol. The highest BCUT2D eigenvalue weighted by molar-refractivity contribution is 5.79. The highest BCUT2D eigenvalue weighted by Gasteiger charge is 2.30. The van der Waals surface area contributed by atoms with Crippen molar-refractivity contribution in [1.82, 2.24) is 10.6 Å². The molecule has 0 heterocycles. The molecule has 0 fully saturated rings. The van der Waals surface area contributed by atoms with Crippen LogP contribution in [0.4, 0.5) is 13.2 Å². The molecule has 0 amide bonds. The molecule has 5 nitrogen and oxygen atoms in total. The van der Waals surface area contributed by atoms with Gasteiger partial charge in [-0.05, 0) is 30.5 Å². The van der Waals surface area contributed by atoms with Gasteiger partial charge in [0.25, 0.3) is 0 Å². The Morgan fingerprint density at radius 3 is 2.54 bits per heavy atom. The lowest BCUT2D eigenvalue weighted by atomic mass is 10.1. The van der Waals surface area contributed by atoms with E-state index >= 15 is 0 Å². The maximum Gasteiger partial charge on any atom is 0.416 e. The lowest BCUT2D eigenvalue weighted by molar-refractivity contribution is -0.140. The summed E-state index contributed by atoms with van der Waals surface area (Å²) in [7, 11) is 2.99. The minimum Gasteiger partial charge on any atom is -0.469 e. The number of ether oxygens (including phenoxy) is 1. The van der Waals surface area contributed by atoms with Crippen LogP contribution in [-0.4, -0.2) is 32.6 Å². The van der Waals surface area contributed by atoms with Gasteiger partial charge in [0.15, 0.2) is 5.96 Å². The number of hydrogen-bond acceptors (Lipinski definition) is 3. The van der Waals surface area contributed by atoms with Gasteiger partial charge in [0.1, 0.15) is 0 Å². The molecule has 26 heavy (non-hydrogen) atoms. The van der Waals surface area contributed by atoms with Gasteiger partial charge in [0.2, 0.25) is 0 Å². The predicted molar refractivity (Wildman–Crippen MR) is 94.7 cm³/mol. The largest absolute Gasteiger partial charge is 0.469 e. The van der Waals surface area contributed by atoms with E-state index in [1.165, 1.54) is 13.2 Å². The van der Waals surface area contributed by atoms with E-state index in [0.717, 1.165) is 37.8 Å². The number of alkyl halides is 3. The summed E-state index contributed by atoms with van der Waals surface area (Å²) in [5.74, 6) is 0.347. The van der Waals surface area contributed by atoms with E-state index in [1.807, 2.05) is 0 Å². The maximum atomic E-state index is 12.7. The molecule has 0 bridgehead atoms. The average Bonchev–Trinajstić information content (AvgIpc) is 2.62. The molecule has 1 aromatic rings. The Morgan fingerprint density at radius 2 is 1.88 bits per heavy atom. The minimum absolute atomic E-state index is 0.192. The van der Waals surface area contributed by atoms with E-state index in [1.54, 1.807) is 13.1 Å². The average molecular weight is 373 g/mol. The van der Waals surface area contributed by atoms with Gasteiger partial charge >= 0.3 is 12.1 Å². The van der Waals surface area contributed by atoms with Crippen molar-refractivity contribution in [1.29, 1.82) is 0 Å². The number of halogens is 3. The normalized spacial score (nSPS) is 12.0. The van der Waals surface area contributed by atoms with Gasteiger partial charge in [-0.2, -0.15) is 13.2 Å². The Kier molecular flexibility index (Phi) is 9.54. The molecule has 0 saturated carbocycles. The van der Waals surface area contributed by atoms with Gasteiger partial charge < -0.3 is 15.4 Å². The van der Waals surface area contributed by atoms with Crippen LogP contribution in [0.1, 0.15) is 43.2 Å². The van der Waals surface area contributed by atoms with Crippen LogP contribution in [0.25, 0.3) is 0 Å². The lowest BCUT2D eigenvalue weighted by Gasteiger charge is -2.13. The van der Waals surface area contributed by atoms with Crippen molar-refractivity contribution < 1.29 is 22.7 Å². The molecule has 1 rings (SSSR count). The van der Waals surface area contributed by atoms with Crippen LogP contribution in [-0.2, 0) is 22.3 Å². The van der Waals surface area contributed by atoms with Crippen molar-refractivity contribution in [3.8, 4) is 0 Å². The second kappa shape index (κ2) is 11.4. The van der Waals surface area contributed by atoms with Crippen LogP contribution < -0.4 is 10.6 Å². The van der Waals surface area contributed by atoms with Gasteiger partial charge in [-0.25, -0.2) is 0 Å². The predicted octanol–water partition coefficient (Wildman–Crippen LogP) is 3.49. The molecular formula is C18H26F3N3O2. The number of rotatable bonds is 9. The number of methoxy groups -OCH3 is 1. The second-order valence-electron chi connectivity index (χ2n) is 5.79. The second-order valence-corrected chi connectivity index (χ2v) is 5.79. The summed E-state index contributed by atoms with van der Waals surface area (Å²) in [6.07, 6.45) is -0.295. The molecule has 0 aliphatic carbocycles. The zero-order valence-corrected chi connectivity index (χ0v) is 15.2. The van der Waals surface area contributed by atoms with E-state index in [2.05, 4.69) is 20.4 Å². The molecule has 0 aliphatic rings. The van der Waals surface area contributed by atoms with Crippen molar-refractivity contribution in [3.63, 3.8) is 0 Å². The number of aliphatic imine (C=N–C) groups is 1. The maximum absolute atomic E-state index is 12.7. The minimum atomic E-state index is -4.34. The van der Waals surface area contributed by atoms with Crippen LogP contribution in [0.3, 0.4) is 0 Å². The van der Waals surface area contributed by atoms with Crippen LogP contribution in [0, 0.1) is 0 Å². The summed E-state index contributed by atoms with van der Waals surface area (Å²) in [5.41, 5.74) is -0.128. The number of nitrogens with one attached hydrogen (secondary N) is 2. The molecule has 0 radical (unpaired) electrons. The summed E-state index contributed by atoms with van der Waals surface area (Å²) >= 11 is 0. The van der Waals surface area contributed by atoms with Crippen molar-refractivity contribution in [3.05, 3.63) is 35.4 Å². The van der Waals surface area contributed by atoms with Crippen molar-refractivity contribution in [2.45, 2.75) is 44.8 Å². The number of esters is 1. The number of carbonyl (C=O) groups is 1. The molecule has 0 spiro atoms. The summed E-state index contributed by atoms with van der Waals surface area (Å²) < 4.78 is 42.7. The first-order valence-electron chi connectivity index (χ1n) is 8.54. The number of benzene rings is 1. The van der Waals surface area contributed by atoms with E-state index in [9.17, 15) is 18.0 Å². The Labute approximate surface area is 152 Å². The number of guanidine groups is 1. The summed E-state index contributed by atoms with van der Waals surface area (Å²) in [5, 5.41) is 6.12. The smallest absolute Gasteiger partial charge is 0.416 e. The third-order valence-electron chi connectivity index (χ3n) is 3.77. The quantitative estimate of drug-likeness (QED) is 0.301. The van der Waals surface area contributed by atoms with Crippen molar-refractivity contribution >= 4 is 11.9 Å². The molecule has 0 atom stereocenters. The Morgan fingerprint density at radius 1 is 1.15 bits per heavy atom. The molecule has 0 aromatic heterocycles. The van der Waals surface area contributed by atoms with Gasteiger partial charge in [-0.3, -0.25) is 9.79 Å². The molecule has 1 aromatic carbocycles.